The normalized spacial score (nSPS) is 21.5. The first-order valence-corrected chi connectivity index (χ1v) is 11.2. The van der Waals surface area contributed by atoms with Crippen LogP contribution in [0.25, 0.3) is 0 Å². The lowest BCUT2D eigenvalue weighted by atomic mass is 9.97. The number of urea groups is 1. The molecule has 2 fully saturated rings. The summed E-state index contributed by atoms with van der Waals surface area (Å²) in [6, 6.07) is -0.543. The van der Waals surface area contributed by atoms with Gasteiger partial charge in [-0.25, -0.2) is 14.5 Å². The number of allylic oxidation sites excluding steroid dienone is 1. The van der Waals surface area contributed by atoms with E-state index in [0.717, 1.165) is 29.1 Å². The van der Waals surface area contributed by atoms with Gasteiger partial charge in [0, 0.05) is 25.7 Å². The van der Waals surface area contributed by atoms with Crippen molar-refractivity contribution in [1.82, 2.24) is 20.0 Å². The van der Waals surface area contributed by atoms with E-state index >= 15 is 0 Å². The minimum atomic E-state index is -0.753. The second-order valence-electron chi connectivity index (χ2n) is 9.51. The van der Waals surface area contributed by atoms with Crippen molar-refractivity contribution in [3.8, 4) is 0 Å². The summed E-state index contributed by atoms with van der Waals surface area (Å²) in [4.78, 5) is 53.5. The predicted octanol–water partition coefficient (Wildman–Crippen LogP) is 2.61. The van der Waals surface area contributed by atoms with Crippen molar-refractivity contribution in [1.29, 1.82) is 0 Å². The number of hydrogen-bond acceptors (Lipinski definition) is 6. The molecular formula is C22H34N4O5. The fourth-order valence-corrected chi connectivity index (χ4v) is 4.15. The third-order valence-electron chi connectivity index (χ3n) is 5.83. The molecule has 0 unspecified atom stereocenters. The molecule has 0 aromatic carbocycles. The lowest BCUT2D eigenvalue weighted by Crippen LogP contribution is -2.50. The summed E-state index contributed by atoms with van der Waals surface area (Å²) < 4.78 is 5.29. The maximum absolute atomic E-state index is 12.7. The molecule has 31 heavy (non-hydrogen) atoms. The zero-order valence-electron chi connectivity index (χ0n) is 18.8. The number of amides is 5. The average Bonchev–Trinajstić information content (AvgIpc) is 2.90. The molecule has 0 spiro atoms. The second kappa shape index (κ2) is 9.80. The molecule has 2 aliphatic heterocycles. The van der Waals surface area contributed by atoms with Gasteiger partial charge in [-0.15, -0.1) is 0 Å². The molecule has 9 heteroatoms. The Morgan fingerprint density at radius 1 is 1.10 bits per heavy atom. The number of hydrogen-bond donors (Lipinski definition) is 1. The zero-order valence-corrected chi connectivity index (χ0v) is 18.8. The molecule has 1 aliphatic carbocycles. The molecule has 0 radical (unpaired) electrons. The Hall–Kier alpha value is -2.42. The SMILES string of the molecule is CC(C)(C)OC(=O)NC1CCN(CN2C(=O)C(=O)N(CCC3=CCCCC3)C2=O)CC1. The van der Waals surface area contributed by atoms with Gasteiger partial charge in [0.1, 0.15) is 5.60 Å². The Labute approximate surface area is 183 Å². The summed E-state index contributed by atoms with van der Waals surface area (Å²) in [5, 5.41) is 2.87. The molecule has 5 amide bonds. The average molecular weight is 435 g/mol. The minimum Gasteiger partial charge on any atom is -0.444 e. The molecular weight excluding hydrogens is 400 g/mol. The van der Waals surface area contributed by atoms with Gasteiger partial charge in [-0.3, -0.25) is 19.4 Å². The van der Waals surface area contributed by atoms with E-state index in [2.05, 4.69) is 11.4 Å². The fraction of sp³-hybridized carbons (Fsp3) is 0.727. The van der Waals surface area contributed by atoms with Gasteiger partial charge >= 0.3 is 23.9 Å². The highest BCUT2D eigenvalue weighted by Gasteiger charge is 2.45. The van der Waals surface area contributed by atoms with Crippen molar-refractivity contribution in [2.75, 3.05) is 26.3 Å². The first-order chi connectivity index (χ1) is 14.6. The number of imide groups is 2. The van der Waals surface area contributed by atoms with Crippen molar-refractivity contribution >= 4 is 23.9 Å². The molecule has 172 valence electrons. The summed E-state index contributed by atoms with van der Waals surface area (Å²) in [5.74, 6) is -1.49. The highest BCUT2D eigenvalue weighted by atomic mass is 16.6. The van der Waals surface area contributed by atoms with Crippen LogP contribution in [-0.2, 0) is 14.3 Å². The Morgan fingerprint density at radius 2 is 1.77 bits per heavy atom. The molecule has 2 saturated heterocycles. The van der Waals surface area contributed by atoms with Gasteiger partial charge in [0.25, 0.3) is 0 Å². The number of nitrogens with zero attached hydrogens (tertiary/aromatic N) is 3. The third kappa shape index (κ3) is 6.29. The highest BCUT2D eigenvalue weighted by Crippen LogP contribution is 2.22. The molecule has 3 aliphatic rings. The zero-order chi connectivity index (χ0) is 22.6. The number of carbonyl (C=O) groups is 4. The van der Waals surface area contributed by atoms with E-state index in [9.17, 15) is 19.2 Å². The Balaban J connectivity index is 1.46. The monoisotopic (exact) mass is 434 g/mol. The summed E-state index contributed by atoms with van der Waals surface area (Å²) >= 11 is 0. The number of carbonyl (C=O) groups excluding carboxylic acids is 4. The first kappa shape index (κ1) is 23.2. The molecule has 0 aromatic rings. The van der Waals surface area contributed by atoms with Gasteiger partial charge in [-0.1, -0.05) is 11.6 Å². The van der Waals surface area contributed by atoms with Crippen molar-refractivity contribution in [2.24, 2.45) is 0 Å². The summed E-state index contributed by atoms with van der Waals surface area (Å²) in [6.07, 6.45) is 8.11. The van der Waals surface area contributed by atoms with Crippen LogP contribution in [0.4, 0.5) is 9.59 Å². The van der Waals surface area contributed by atoms with Crippen LogP contribution in [0, 0.1) is 0 Å². The number of piperidine rings is 1. The molecule has 0 bridgehead atoms. The van der Waals surface area contributed by atoms with Crippen molar-refractivity contribution in [3.63, 3.8) is 0 Å². The summed E-state index contributed by atoms with van der Waals surface area (Å²) in [6.45, 7) is 7.02. The molecule has 1 N–H and O–H groups in total. The summed E-state index contributed by atoms with van der Waals surface area (Å²) in [7, 11) is 0. The Morgan fingerprint density at radius 3 is 2.39 bits per heavy atom. The number of ether oxygens (including phenoxy) is 1. The van der Waals surface area contributed by atoms with E-state index in [1.165, 1.54) is 12.0 Å². The van der Waals surface area contributed by atoms with E-state index in [-0.39, 0.29) is 19.3 Å². The smallest absolute Gasteiger partial charge is 0.407 e. The van der Waals surface area contributed by atoms with Gasteiger partial charge in [-0.05, 0) is 65.7 Å². The molecule has 0 aromatic heterocycles. The lowest BCUT2D eigenvalue weighted by Gasteiger charge is -2.34. The fourth-order valence-electron chi connectivity index (χ4n) is 4.15. The van der Waals surface area contributed by atoms with E-state index < -0.39 is 29.5 Å². The first-order valence-electron chi connectivity index (χ1n) is 11.2. The number of rotatable bonds is 6. The summed E-state index contributed by atoms with van der Waals surface area (Å²) in [5.41, 5.74) is 0.713. The van der Waals surface area contributed by atoms with Gasteiger partial charge in [0.15, 0.2) is 0 Å². The van der Waals surface area contributed by atoms with Crippen LogP contribution in [-0.4, -0.2) is 76.6 Å². The molecule has 0 atom stereocenters. The third-order valence-corrected chi connectivity index (χ3v) is 5.83. The lowest BCUT2D eigenvalue weighted by molar-refractivity contribution is -0.144. The molecule has 2 heterocycles. The van der Waals surface area contributed by atoms with Crippen molar-refractivity contribution < 1.29 is 23.9 Å². The van der Waals surface area contributed by atoms with Crippen LogP contribution in [0.1, 0.15) is 65.7 Å². The highest BCUT2D eigenvalue weighted by molar-refractivity contribution is 6.44. The van der Waals surface area contributed by atoms with Crippen LogP contribution in [0.5, 0.6) is 0 Å². The van der Waals surface area contributed by atoms with Crippen molar-refractivity contribution in [2.45, 2.75) is 77.4 Å². The van der Waals surface area contributed by atoms with Crippen molar-refractivity contribution in [3.05, 3.63) is 11.6 Å². The number of likely N-dealkylation sites (tertiary alicyclic amines) is 1. The predicted molar refractivity (Wildman–Crippen MR) is 114 cm³/mol. The molecule has 0 saturated carbocycles. The van der Waals surface area contributed by atoms with E-state index in [0.29, 0.717) is 32.4 Å². The largest absolute Gasteiger partial charge is 0.444 e. The quantitative estimate of drug-likeness (QED) is 0.392. The van der Waals surface area contributed by atoms with Crippen LogP contribution >= 0.6 is 0 Å². The number of alkyl carbamates (subject to hydrolysis) is 1. The maximum Gasteiger partial charge on any atom is 0.407 e. The van der Waals surface area contributed by atoms with Gasteiger partial charge < -0.3 is 10.1 Å². The minimum absolute atomic E-state index is 0.0158. The van der Waals surface area contributed by atoms with E-state index in [1.807, 2.05) is 25.7 Å². The molecule has 3 rings (SSSR count). The van der Waals surface area contributed by atoms with E-state index in [1.54, 1.807) is 0 Å². The molecule has 9 nitrogen and oxygen atoms in total. The number of nitrogens with one attached hydrogen (secondary N) is 1. The van der Waals surface area contributed by atoms with Crippen LogP contribution in [0.2, 0.25) is 0 Å². The van der Waals surface area contributed by atoms with Crippen LogP contribution in [0.15, 0.2) is 11.6 Å². The Bertz CT molecular complexity index is 749. The van der Waals surface area contributed by atoms with Crippen LogP contribution < -0.4 is 5.32 Å². The standard InChI is InChI=1S/C22H34N4O5/c1-22(2,3)31-20(29)23-17-10-12-24(13-11-17)15-26-19(28)18(27)25(21(26)30)14-9-16-7-5-4-6-8-16/h7,17H,4-6,8-15H2,1-3H3,(H,23,29). The van der Waals surface area contributed by atoms with Crippen LogP contribution in [0.3, 0.4) is 0 Å². The van der Waals surface area contributed by atoms with Gasteiger partial charge in [0.2, 0.25) is 0 Å². The maximum atomic E-state index is 12.7. The van der Waals surface area contributed by atoms with Gasteiger partial charge in [-0.2, -0.15) is 0 Å². The second-order valence-corrected chi connectivity index (χ2v) is 9.51. The Kier molecular flexibility index (Phi) is 7.35. The van der Waals surface area contributed by atoms with E-state index in [4.69, 9.17) is 4.74 Å². The van der Waals surface area contributed by atoms with Gasteiger partial charge in [0.05, 0.1) is 6.67 Å². The topological polar surface area (TPSA) is 99.3 Å².